The van der Waals surface area contributed by atoms with Gasteiger partial charge in [-0.2, -0.15) is 4.31 Å². The topological polar surface area (TPSA) is 105 Å². The Labute approximate surface area is 216 Å². The third-order valence-electron chi connectivity index (χ3n) is 7.44. The number of hydrogen-bond acceptors (Lipinski definition) is 5. The average molecular weight is 519 g/mol. The molecule has 3 aromatic carbocycles. The Morgan fingerprint density at radius 3 is 2.59 bits per heavy atom. The first kappa shape index (κ1) is 25.1. The molecule has 1 atom stereocenters. The lowest BCUT2D eigenvalue weighted by Gasteiger charge is -2.24. The quantitative estimate of drug-likeness (QED) is 0.412. The minimum Gasteiger partial charge on any atom is -0.481 e. The molecule has 0 radical (unpaired) electrons. The average Bonchev–Trinajstić information content (AvgIpc) is 3.18. The van der Waals surface area contributed by atoms with Crippen molar-refractivity contribution in [3.63, 3.8) is 0 Å². The van der Waals surface area contributed by atoms with Gasteiger partial charge in [0.1, 0.15) is 5.52 Å². The van der Waals surface area contributed by atoms with Crippen LogP contribution in [-0.2, 0) is 41.4 Å². The van der Waals surface area contributed by atoms with Gasteiger partial charge in [-0.25, -0.2) is 13.1 Å². The van der Waals surface area contributed by atoms with Crippen LogP contribution in [0.1, 0.15) is 51.3 Å². The van der Waals surface area contributed by atoms with Crippen molar-refractivity contribution in [2.45, 2.75) is 45.7 Å². The number of hydrogen-bond donors (Lipinski definition) is 1. The van der Waals surface area contributed by atoms with Gasteiger partial charge in [0.15, 0.2) is 0 Å². The van der Waals surface area contributed by atoms with Gasteiger partial charge in [0.05, 0.1) is 17.7 Å². The van der Waals surface area contributed by atoms with Crippen LogP contribution in [0.25, 0.3) is 11.0 Å². The fourth-order valence-corrected chi connectivity index (χ4v) is 6.65. The van der Waals surface area contributed by atoms with Crippen LogP contribution in [0.5, 0.6) is 0 Å². The Hall–Kier alpha value is -3.56. The fraction of sp³-hybridized carbons (Fsp3) is 0.321. The number of rotatable bonds is 6. The van der Waals surface area contributed by atoms with E-state index in [1.165, 1.54) is 0 Å². The van der Waals surface area contributed by atoms with Crippen molar-refractivity contribution in [3.05, 3.63) is 93.5 Å². The summed E-state index contributed by atoms with van der Waals surface area (Å²) in [4.78, 5) is 11.9. The molecule has 37 heavy (non-hydrogen) atoms. The normalized spacial score (nSPS) is 16.3. The first-order valence-corrected chi connectivity index (χ1v) is 13.9. The Morgan fingerprint density at radius 2 is 1.84 bits per heavy atom. The highest BCUT2D eigenvalue weighted by atomic mass is 32.2. The summed E-state index contributed by atoms with van der Waals surface area (Å²) in [6, 6.07) is 17.6. The van der Waals surface area contributed by atoms with E-state index in [1.54, 1.807) is 8.99 Å². The van der Waals surface area contributed by atoms with Crippen molar-refractivity contribution >= 4 is 27.0 Å². The van der Waals surface area contributed by atoms with Gasteiger partial charge >= 0.3 is 5.97 Å². The maximum Gasteiger partial charge on any atom is 0.304 e. The summed E-state index contributed by atoms with van der Waals surface area (Å²) >= 11 is 0. The summed E-state index contributed by atoms with van der Waals surface area (Å²) in [5.41, 5.74) is 8.16. The smallest absolute Gasteiger partial charge is 0.304 e. The number of sulfonamides is 1. The largest absolute Gasteiger partial charge is 0.481 e. The first-order valence-electron chi connectivity index (χ1n) is 12.3. The highest BCUT2D eigenvalue weighted by Crippen LogP contribution is 2.35. The number of fused-ring (bicyclic) bond motifs is 2. The van der Waals surface area contributed by atoms with Crippen LogP contribution in [0.3, 0.4) is 0 Å². The van der Waals surface area contributed by atoms with Crippen LogP contribution in [0.2, 0.25) is 0 Å². The molecule has 192 valence electrons. The molecule has 1 aliphatic rings. The molecule has 0 saturated carbocycles. The summed E-state index contributed by atoms with van der Waals surface area (Å²) in [6.45, 7) is 4.46. The SMILES string of the molecule is Cc1ccc(C(CC(=O)O)c2ccc3c(nnn3C)c2C)cc1CN1Cc2ccccc2CCS1(=O)=O. The summed E-state index contributed by atoms with van der Waals surface area (Å²) < 4.78 is 29.6. The maximum absolute atomic E-state index is 13.2. The zero-order valence-electron chi connectivity index (χ0n) is 21.2. The molecule has 5 rings (SSSR count). The number of carboxylic acid groups (broad SMARTS) is 1. The van der Waals surface area contributed by atoms with Crippen molar-refractivity contribution in [1.82, 2.24) is 19.3 Å². The molecule has 9 heteroatoms. The molecule has 0 bridgehead atoms. The molecule has 0 fully saturated rings. The Bertz CT molecular complexity index is 1610. The third-order valence-corrected chi connectivity index (χ3v) is 9.21. The summed E-state index contributed by atoms with van der Waals surface area (Å²) in [7, 11) is -1.63. The van der Waals surface area contributed by atoms with Crippen LogP contribution >= 0.6 is 0 Å². The molecule has 8 nitrogen and oxygen atoms in total. The van der Waals surface area contributed by atoms with Crippen LogP contribution in [-0.4, -0.2) is 44.5 Å². The molecule has 0 aliphatic carbocycles. The molecule has 0 saturated heterocycles. The van der Waals surface area contributed by atoms with E-state index in [-0.39, 0.29) is 18.7 Å². The zero-order chi connectivity index (χ0) is 26.3. The molecule has 1 N–H and O–H groups in total. The first-order chi connectivity index (χ1) is 17.6. The van der Waals surface area contributed by atoms with E-state index in [9.17, 15) is 18.3 Å². The van der Waals surface area contributed by atoms with Crippen molar-refractivity contribution in [2.24, 2.45) is 7.05 Å². The highest BCUT2D eigenvalue weighted by Gasteiger charge is 2.28. The van der Waals surface area contributed by atoms with Gasteiger partial charge < -0.3 is 5.11 Å². The van der Waals surface area contributed by atoms with Gasteiger partial charge in [0.2, 0.25) is 10.0 Å². The molecular formula is C28H30N4O4S. The minimum atomic E-state index is -3.45. The summed E-state index contributed by atoms with van der Waals surface area (Å²) in [6.07, 6.45) is 0.406. The Kier molecular flexibility index (Phi) is 6.59. The number of carboxylic acids is 1. The lowest BCUT2D eigenvalue weighted by molar-refractivity contribution is -0.137. The van der Waals surface area contributed by atoms with E-state index < -0.39 is 21.9 Å². The predicted octanol–water partition coefficient (Wildman–Crippen LogP) is 4.08. The van der Waals surface area contributed by atoms with E-state index in [2.05, 4.69) is 10.3 Å². The number of nitrogens with zero attached hydrogens (tertiary/aromatic N) is 4. The highest BCUT2D eigenvalue weighted by molar-refractivity contribution is 7.89. The van der Waals surface area contributed by atoms with Gasteiger partial charge in [0, 0.05) is 26.1 Å². The Balaban J connectivity index is 1.54. The van der Waals surface area contributed by atoms with E-state index in [0.717, 1.165) is 50.0 Å². The van der Waals surface area contributed by atoms with Gasteiger partial charge in [-0.05, 0) is 65.3 Å². The van der Waals surface area contributed by atoms with E-state index in [0.29, 0.717) is 13.0 Å². The van der Waals surface area contributed by atoms with E-state index >= 15 is 0 Å². The van der Waals surface area contributed by atoms with Crippen LogP contribution in [0, 0.1) is 13.8 Å². The van der Waals surface area contributed by atoms with Crippen molar-refractivity contribution in [2.75, 3.05) is 5.75 Å². The standard InChI is InChI=1S/C28H30N4O4S/c1-18-8-9-21(25(15-27(33)34)24-10-11-26-28(19(24)2)29-30-31(26)3)14-23(18)17-32-16-22-7-5-4-6-20(22)12-13-37(32,35)36/h4-11,14,25H,12-13,15-17H2,1-3H3,(H,33,34). The third kappa shape index (κ3) is 4.89. The monoisotopic (exact) mass is 518 g/mol. The van der Waals surface area contributed by atoms with Crippen molar-refractivity contribution in [1.29, 1.82) is 0 Å². The van der Waals surface area contributed by atoms with Crippen LogP contribution in [0.15, 0.2) is 54.6 Å². The minimum absolute atomic E-state index is 0.0711. The van der Waals surface area contributed by atoms with Crippen LogP contribution < -0.4 is 0 Å². The van der Waals surface area contributed by atoms with Gasteiger partial charge in [0.25, 0.3) is 0 Å². The van der Waals surface area contributed by atoms with E-state index in [4.69, 9.17) is 0 Å². The lowest BCUT2D eigenvalue weighted by atomic mass is 9.84. The molecule has 1 unspecified atom stereocenters. The fourth-order valence-electron chi connectivity index (χ4n) is 5.24. The molecule has 2 heterocycles. The summed E-state index contributed by atoms with van der Waals surface area (Å²) in [5, 5.41) is 18.2. The predicted molar refractivity (Wildman–Crippen MR) is 142 cm³/mol. The van der Waals surface area contributed by atoms with Crippen molar-refractivity contribution in [3.8, 4) is 0 Å². The molecule has 0 spiro atoms. The Morgan fingerprint density at radius 1 is 1.08 bits per heavy atom. The zero-order valence-corrected chi connectivity index (χ0v) is 22.0. The maximum atomic E-state index is 13.2. The second-order valence-corrected chi connectivity index (χ2v) is 11.9. The molecule has 0 amide bonds. The van der Waals surface area contributed by atoms with E-state index in [1.807, 2.05) is 75.5 Å². The molecular weight excluding hydrogens is 488 g/mol. The lowest BCUT2D eigenvalue weighted by Crippen LogP contribution is -2.31. The number of aryl methyl sites for hydroxylation is 4. The van der Waals surface area contributed by atoms with Gasteiger partial charge in [-0.1, -0.05) is 53.7 Å². The number of aliphatic carboxylic acids is 1. The molecule has 1 aliphatic heterocycles. The van der Waals surface area contributed by atoms with Gasteiger partial charge in [-0.3, -0.25) is 4.79 Å². The van der Waals surface area contributed by atoms with Crippen molar-refractivity contribution < 1.29 is 18.3 Å². The molecule has 4 aromatic rings. The number of aromatic nitrogens is 3. The second kappa shape index (κ2) is 9.72. The number of benzene rings is 3. The summed E-state index contributed by atoms with van der Waals surface area (Å²) in [5.74, 6) is -1.25. The van der Waals surface area contributed by atoms with Gasteiger partial charge in [-0.15, -0.1) is 5.10 Å². The molecule has 1 aromatic heterocycles. The number of carbonyl (C=O) groups is 1. The van der Waals surface area contributed by atoms with Crippen LogP contribution in [0.4, 0.5) is 0 Å². The second-order valence-electron chi connectivity index (χ2n) is 9.80.